The number of carbonyl (C=O) groups is 2. The zero-order valence-corrected chi connectivity index (χ0v) is 26.3. The smallest absolute Gasteiger partial charge is 0.338 e. The maximum Gasteiger partial charge on any atom is 0.338 e. The van der Waals surface area contributed by atoms with Crippen molar-refractivity contribution in [1.82, 2.24) is 4.90 Å². The Morgan fingerprint density at radius 1 is 1.02 bits per heavy atom. The molecular formula is C33H45NO10. The van der Waals surface area contributed by atoms with E-state index in [0.717, 1.165) is 19.4 Å². The van der Waals surface area contributed by atoms with Crippen molar-refractivity contribution < 1.29 is 48.2 Å². The van der Waals surface area contributed by atoms with Crippen LogP contribution in [0, 0.1) is 34.5 Å². The number of fused-ring (bicyclic) bond motifs is 2. The predicted octanol–water partition coefficient (Wildman–Crippen LogP) is 1.29. The van der Waals surface area contributed by atoms with E-state index < -0.39 is 64.8 Å². The molecule has 7 unspecified atom stereocenters. The molecule has 242 valence electrons. The first kappa shape index (κ1) is 30.5. The second-order valence-electron chi connectivity index (χ2n) is 14.2. The van der Waals surface area contributed by atoms with Crippen molar-refractivity contribution in [1.29, 1.82) is 0 Å². The number of methoxy groups -OCH3 is 4. The minimum atomic E-state index is -1.76. The summed E-state index contributed by atoms with van der Waals surface area (Å²) < 4.78 is 37.5. The van der Waals surface area contributed by atoms with Crippen molar-refractivity contribution >= 4 is 11.9 Å². The van der Waals surface area contributed by atoms with Crippen molar-refractivity contribution in [2.24, 2.45) is 34.5 Å². The lowest BCUT2D eigenvalue weighted by Crippen LogP contribution is -2.80. The number of nitrogens with zero attached hydrogens (tertiary/aromatic N) is 1. The molecule has 1 aromatic rings. The summed E-state index contributed by atoms with van der Waals surface area (Å²) in [5.41, 5.74) is -3.93. The number of carbonyl (C=O) groups excluding carboxylic acids is 2. The minimum absolute atomic E-state index is 0.103. The number of rotatable bonds is 8. The molecule has 0 amide bonds. The Morgan fingerprint density at radius 2 is 1.75 bits per heavy atom. The van der Waals surface area contributed by atoms with Crippen LogP contribution in [0.2, 0.25) is 0 Å². The summed E-state index contributed by atoms with van der Waals surface area (Å²) in [5, 5.41) is 25.1. The number of ether oxygens (including phenoxy) is 6. The summed E-state index contributed by atoms with van der Waals surface area (Å²) in [6.45, 7) is 2.56. The Bertz CT molecular complexity index is 1310. The highest BCUT2D eigenvalue weighted by molar-refractivity contribution is 5.89. The van der Waals surface area contributed by atoms with Crippen LogP contribution < -0.4 is 0 Å². The quantitative estimate of drug-likeness (QED) is 0.410. The topological polar surface area (TPSA) is 133 Å². The molecule has 7 bridgehead atoms. The minimum Gasteiger partial charge on any atom is -0.455 e. The fourth-order valence-corrected chi connectivity index (χ4v) is 12.3. The van der Waals surface area contributed by atoms with E-state index in [1.807, 2.05) is 6.07 Å². The molecule has 6 aliphatic rings. The van der Waals surface area contributed by atoms with Gasteiger partial charge in [0, 0.05) is 76.5 Å². The third-order valence-electron chi connectivity index (χ3n) is 12.8. The van der Waals surface area contributed by atoms with Crippen molar-refractivity contribution in [3.63, 3.8) is 0 Å². The molecule has 14 atom stereocenters. The number of likely N-dealkylation sites (tertiary alicyclic amines) is 1. The van der Waals surface area contributed by atoms with E-state index >= 15 is 0 Å². The third-order valence-corrected chi connectivity index (χ3v) is 12.8. The summed E-state index contributed by atoms with van der Waals surface area (Å²) in [5.74, 6) is -2.96. The molecule has 0 aromatic heterocycles. The van der Waals surface area contributed by atoms with Gasteiger partial charge in [-0.1, -0.05) is 18.2 Å². The van der Waals surface area contributed by atoms with Crippen LogP contribution in [0.1, 0.15) is 36.5 Å². The van der Waals surface area contributed by atoms with Crippen LogP contribution in [-0.4, -0.2) is 123 Å². The second-order valence-corrected chi connectivity index (χ2v) is 14.2. The molecule has 1 saturated heterocycles. The molecule has 11 heteroatoms. The van der Waals surface area contributed by atoms with Gasteiger partial charge in [0.15, 0.2) is 5.60 Å². The van der Waals surface area contributed by atoms with Gasteiger partial charge in [0.1, 0.15) is 23.9 Å². The number of esters is 2. The second kappa shape index (κ2) is 10.2. The van der Waals surface area contributed by atoms with Gasteiger partial charge >= 0.3 is 11.9 Å². The molecular weight excluding hydrogens is 570 g/mol. The molecule has 2 N–H and O–H groups in total. The lowest BCUT2D eigenvalue weighted by atomic mass is 9.43. The molecule has 1 aromatic carbocycles. The fraction of sp³-hybridized carbons (Fsp3) is 0.758. The summed E-state index contributed by atoms with van der Waals surface area (Å²) >= 11 is 0. The van der Waals surface area contributed by atoms with Crippen molar-refractivity contribution in [2.75, 3.05) is 48.6 Å². The van der Waals surface area contributed by atoms with E-state index in [4.69, 9.17) is 28.4 Å². The van der Waals surface area contributed by atoms with Crippen LogP contribution in [0.25, 0.3) is 0 Å². The van der Waals surface area contributed by atoms with E-state index in [1.165, 1.54) is 14.0 Å². The maximum atomic E-state index is 13.7. The van der Waals surface area contributed by atoms with Crippen LogP contribution in [-0.2, 0) is 33.2 Å². The average Bonchev–Trinajstić information content (AvgIpc) is 3.39. The molecule has 7 rings (SSSR count). The molecule has 1 heterocycles. The molecule has 5 aliphatic carbocycles. The summed E-state index contributed by atoms with van der Waals surface area (Å²) in [6, 6.07) is 8.39. The van der Waals surface area contributed by atoms with Gasteiger partial charge < -0.3 is 43.5 Å². The number of hydrogen-bond acceptors (Lipinski definition) is 11. The Hall–Kier alpha value is -2.12. The van der Waals surface area contributed by atoms with Gasteiger partial charge in [-0.3, -0.25) is 4.79 Å². The zero-order valence-electron chi connectivity index (χ0n) is 26.3. The first-order chi connectivity index (χ1) is 21.0. The predicted molar refractivity (Wildman–Crippen MR) is 154 cm³/mol. The average molecular weight is 616 g/mol. The first-order valence-corrected chi connectivity index (χ1v) is 15.7. The lowest BCUT2D eigenvalue weighted by Gasteiger charge is -2.69. The molecule has 5 saturated carbocycles. The standard InChI is InChI=1S/C33H45NO10/c1-17(35)44-33-21-19(14-31(38,28(42-6)26(33)36)27(21)43-29(37)18-10-8-7-9-11-18)32-20(40-4)12-13-30(16-39-3)15-34(2)25(32)22(33)23(41-5)24(30)32/h7-11,19-28,36,38H,12-16H2,1-6H3/t19-,20?,21-,22?,23?,24-,25-,26?,27?,28+,30?,31+,32?,33-/m1/s1. The monoisotopic (exact) mass is 615 g/mol. The Kier molecular flexibility index (Phi) is 7.07. The fourth-order valence-electron chi connectivity index (χ4n) is 12.3. The Morgan fingerprint density at radius 3 is 2.36 bits per heavy atom. The van der Waals surface area contributed by atoms with Crippen LogP contribution in [0.5, 0.6) is 0 Å². The van der Waals surface area contributed by atoms with E-state index in [9.17, 15) is 19.8 Å². The van der Waals surface area contributed by atoms with Gasteiger partial charge in [-0.15, -0.1) is 0 Å². The van der Waals surface area contributed by atoms with Gasteiger partial charge in [0.05, 0.1) is 24.4 Å². The van der Waals surface area contributed by atoms with Crippen molar-refractivity contribution in [3.8, 4) is 0 Å². The number of hydrogen-bond donors (Lipinski definition) is 2. The largest absolute Gasteiger partial charge is 0.455 e. The molecule has 0 radical (unpaired) electrons. The van der Waals surface area contributed by atoms with Crippen molar-refractivity contribution in [3.05, 3.63) is 35.9 Å². The SMILES string of the molecule is COCC12CCC(OC)C34[C@@H]5C[C@]6(O)C(OC(=O)c7ccccc7)[C@@H]5[C@@](OC(C)=O)(C(C(OC)[C@H]13)[C@H]4N(C)C2)C(O)[C@@H]6OC. The van der Waals surface area contributed by atoms with Crippen LogP contribution in [0.4, 0.5) is 0 Å². The van der Waals surface area contributed by atoms with Crippen LogP contribution >= 0.6 is 0 Å². The van der Waals surface area contributed by atoms with E-state index in [2.05, 4.69) is 11.9 Å². The molecule has 1 aliphatic heterocycles. The highest BCUT2D eigenvalue weighted by Crippen LogP contribution is 2.80. The van der Waals surface area contributed by atoms with Gasteiger partial charge in [-0.05, 0) is 44.4 Å². The Balaban J connectivity index is 1.51. The normalized spacial score (nSPS) is 49.9. The first-order valence-electron chi connectivity index (χ1n) is 15.7. The number of piperidine rings is 1. The number of benzene rings is 1. The molecule has 44 heavy (non-hydrogen) atoms. The van der Waals surface area contributed by atoms with E-state index in [-0.39, 0.29) is 35.8 Å². The van der Waals surface area contributed by atoms with Gasteiger partial charge in [0.2, 0.25) is 0 Å². The molecule has 6 fully saturated rings. The van der Waals surface area contributed by atoms with E-state index in [1.54, 1.807) is 45.6 Å². The van der Waals surface area contributed by atoms with E-state index in [0.29, 0.717) is 12.2 Å². The van der Waals surface area contributed by atoms with Gasteiger partial charge in [-0.2, -0.15) is 0 Å². The number of aliphatic hydroxyl groups excluding tert-OH is 1. The van der Waals surface area contributed by atoms with Crippen LogP contribution in [0.3, 0.4) is 0 Å². The summed E-state index contributed by atoms with van der Waals surface area (Å²) in [6.07, 6.45) is -2.66. The van der Waals surface area contributed by atoms with Gasteiger partial charge in [-0.25, -0.2) is 4.79 Å². The third kappa shape index (κ3) is 3.41. The Labute approximate surface area is 258 Å². The highest BCUT2D eigenvalue weighted by atomic mass is 16.6. The molecule has 1 spiro atoms. The summed E-state index contributed by atoms with van der Waals surface area (Å²) in [4.78, 5) is 29.2. The zero-order chi connectivity index (χ0) is 31.4. The number of aliphatic hydroxyl groups is 2. The summed E-state index contributed by atoms with van der Waals surface area (Å²) in [7, 11) is 8.63. The van der Waals surface area contributed by atoms with Crippen molar-refractivity contribution in [2.45, 2.75) is 73.9 Å². The van der Waals surface area contributed by atoms with Crippen LogP contribution in [0.15, 0.2) is 30.3 Å². The lowest BCUT2D eigenvalue weighted by molar-refractivity contribution is -0.316. The maximum absolute atomic E-state index is 13.7. The highest BCUT2D eigenvalue weighted by Gasteiger charge is 2.91. The van der Waals surface area contributed by atoms with Gasteiger partial charge in [0.25, 0.3) is 0 Å². The molecule has 11 nitrogen and oxygen atoms in total.